The normalized spacial score (nSPS) is 13.3. The van der Waals surface area contributed by atoms with E-state index in [0.717, 1.165) is 12.1 Å². The molecule has 5 nitrogen and oxygen atoms in total. The van der Waals surface area contributed by atoms with Gasteiger partial charge in [0, 0.05) is 31.2 Å². The molecule has 0 bridgehead atoms. The number of hydrogen-bond acceptors (Lipinski definition) is 4. The summed E-state index contributed by atoms with van der Waals surface area (Å²) in [5.41, 5.74) is 1.06. The van der Waals surface area contributed by atoms with Crippen molar-refractivity contribution in [3.05, 3.63) is 48.3 Å². The lowest BCUT2D eigenvalue weighted by atomic mass is 10.2. The number of sulfone groups is 1. The second kappa shape index (κ2) is 6.19. The van der Waals surface area contributed by atoms with E-state index >= 15 is 0 Å². The van der Waals surface area contributed by atoms with E-state index in [4.69, 9.17) is 0 Å². The van der Waals surface area contributed by atoms with Crippen molar-refractivity contribution >= 4 is 9.84 Å². The Labute approximate surface area is 119 Å². The zero-order valence-electron chi connectivity index (χ0n) is 11.7. The van der Waals surface area contributed by atoms with Gasteiger partial charge >= 0.3 is 0 Å². The van der Waals surface area contributed by atoms with E-state index in [0.29, 0.717) is 11.4 Å². The van der Waals surface area contributed by atoms with Gasteiger partial charge in [0.05, 0.1) is 11.4 Å². The van der Waals surface area contributed by atoms with E-state index in [-0.39, 0.29) is 6.04 Å². The van der Waals surface area contributed by atoms with Crippen molar-refractivity contribution in [3.8, 4) is 0 Å². The van der Waals surface area contributed by atoms with Gasteiger partial charge in [0.15, 0.2) is 9.84 Å². The van der Waals surface area contributed by atoms with Crippen molar-refractivity contribution < 1.29 is 8.42 Å². The molecule has 20 heavy (non-hydrogen) atoms. The van der Waals surface area contributed by atoms with Crippen molar-refractivity contribution in [3.63, 3.8) is 0 Å². The minimum Gasteiger partial charge on any atom is -0.308 e. The number of aromatic nitrogens is 2. The summed E-state index contributed by atoms with van der Waals surface area (Å²) in [5, 5.41) is 7.54. The highest BCUT2D eigenvalue weighted by atomic mass is 32.2. The van der Waals surface area contributed by atoms with Crippen molar-refractivity contribution in [2.45, 2.75) is 31.0 Å². The molecule has 1 atom stereocenters. The average molecular weight is 293 g/mol. The van der Waals surface area contributed by atoms with Crippen LogP contribution in [0.5, 0.6) is 0 Å². The molecule has 1 unspecified atom stereocenters. The lowest BCUT2D eigenvalue weighted by Gasteiger charge is -2.14. The number of hydrogen-bond donors (Lipinski definition) is 1. The molecule has 0 saturated carbocycles. The van der Waals surface area contributed by atoms with Crippen LogP contribution in [0.2, 0.25) is 0 Å². The molecular weight excluding hydrogens is 274 g/mol. The van der Waals surface area contributed by atoms with E-state index in [1.165, 1.54) is 6.26 Å². The van der Waals surface area contributed by atoms with Crippen molar-refractivity contribution in [2.24, 2.45) is 0 Å². The van der Waals surface area contributed by atoms with Gasteiger partial charge in [-0.2, -0.15) is 5.10 Å². The van der Waals surface area contributed by atoms with Gasteiger partial charge in [-0.1, -0.05) is 12.1 Å². The predicted molar refractivity (Wildman–Crippen MR) is 78.1 cm³/mol. The summed E-state index contributed by atoms with van der Waals surface area (Å²) >= 11 is 0. The minimum atomic E-state index is -3.12. The molecule has 1 aromatic heterocycles. The van der Waals surface area contributed by atoms with Crippen LogP contribution < -0.4 is 5.32 Å². The summed E-state index contributed by atoms with van der Waals surface area (Å²) in [6.45, 7) is 3.59. The molecule has 0 saturated heterocycles. The first-order chi connectivity index (χ1) is 9.45. The van der Waals surface area contributed by atoms with E-state index in [1.54, 1.807) is 18.3 Å². The Morgan fingerprint density at radius 2 is 2.00 bits per heavy atom. The molecule has 6 heteroatoms. The van der Waals surface area contributed by atoms with Crippen LogP contribution in [0.15, 0.2) is 47.6 Å². The van der Waals surface area contributed by atoms with Gasteiger partial charge in [-0.3, -0.25) is 4.68 Å². The van der Waals surface area contributed by atoms with Gasteiger partial charge in [-0.15, -0.1) is 0 Å². The Balaban J connectivity index is 1.88. The Kier molecular flexibility index (Phi) is 4.57. The smallest absolute Gasteiger partial charge is 0.175 e. The van der Waals surface area contributed by atoms with E-state index in [1.807, 2.05) is 29.1 Å². The second-order valence-corrected chi connectivity index (χ2v) is 6.94. The molecule has 0 spiro atoms. The van der Waals surface area contributed by atoms with Crippen molar-refractivity contribution in [1.82, 2.24) is 15.1 Å². The summed E-state index contributed by atoms with van der Waals surface area (Å²) < 4.78 is 24.6. The second-order valence-electron chi connectivity index (χ2n) is 4.93. The molecule has 1 heterocycles. The zero-order valence-corrected chi connectivity index (χ0v) is 12.5. The maximum Gasteiger partial charge on any atom is 0.175 e. The highest BCUT2D eigenvalue weighted by molar-refractivity contribution is 7.90. The number of rotatable bonds is 6. The zero-order chi connectivity index (χ0) is 14.6. The third kappa shape index (κ3) is 4.18. The van der Waals surface area contributed by atoms with Crippen molar-refractivity contribution in [1.29, 1.82) is 0 Å². The summed E-state index contributed by atoms with van der Waals surface area (Å²) in [7, 11) is -3.12. The van der Waals surface area contributed by atoms with Gasteiger partial charge in [-0.25, -0.2) is 8.42 Å². The topological polar surface area (TPSA) is 64.0 Å². The highest BCUT2D eigenvalue weighted by Crippen LogP contribution is 2.10. The van der Waals surface area contributed by atoms with Crippen LogP contribution in [0.1, 0.15) is 12.5 Å². The first-order valence-corrected chi connectivity index (χ1v) is 8.34. The quantitative estimate of drug-likeness (QED) is 0.876. The summed E-state index contributed by atoms with van der Waals surface area (Å²) in [6, 6.07) is 9.14. The van der Waals surface area contributed by atoms with Crippen LogP contribution in [0.4, 0.5) is 0 Å². The highest BCUT2D eigenvalue weighted by Gasteiger charge is 2.07. The third-order valence-corrected chi connectivity index (χ3v) is 4.15. The predicted octanol–water partition coefficient (Wildman–Crippen LogP) is 1.46. The standard InChI is InChI=1S/C14H19N3O2S/c1-12(11-17-9-3-8-16-17)15-10-13-4-6-14(7-5-13)20(2,18)19/h3-9,12,15H,10-11H2,1-2H3. The Morgan fingerprint density at radius 3 is 2.55 bits per heavy atom. The maximum atomic E-state index is 11.4. The van der Waals surface area contributed by atoms with Gasteiger partial charge in [-0.05, 0) is 30.7 Å². The van der Waals surface area contributed by atoms with E-state index < -0.39 is 9.84 Å². The first-order valence-electron chi connectivity index (χ1n) is 6.45. The van der Waals surface area contributed by atoms with Crippen molar-refractivity contribution in [2.75, 3.05) is 6.26 Å². The Bertz CT molecular complexity index is 634. The van der Waals surface area contributed by atoms with Crippen LogP contribution in [0.25, 0.3) is 0 Å². The van der Waals surface area contributed by atoms with Gasteiger partial charge in [0.25, 0.3) is 0 Å². The molecular formula is C14H19N3O2S. The molecule has 1 N–H and O–H groups in total. The maximum absolute atomic E-state index is 11.4. The Morgan fingerprint density at radius 1 is 1.30 bits per heavy atom. The molecule has 0 amide bonds. The molecule has 0 aliphatic rings. The van der Waals surface area contributed by atoms with Gasteiger partial charge in [0.1, 0.15) is 0 Å². The van der Waals surface area contributed by atoms with Crippen LogP contribution in [0, 0.1) is 0 Å². The summed E-state index contributed by atoms with van der Waals surface area (Å²) in [6.07, 6.45) is 4.90. The van der Waals surface area contributed by atoms with Gasteiger partial charge in [0.2, 0.25) is 0 Å². The van der Waals surface area contributed by atoms with Crippen LogP contribution in [-0.4, -0.2) is 30.5 Å². The molecule has 108 valence electrons. The molecule has 0 aliphatic carbocycles. The molecule has 2 aromatic rings. The third-order valence-electron chi connectivity index (χ3n) is 3.03. The molecule has 0 fully saturated rings. The monoisotopic (exact) mass is 293 g/mol. The number of nitrogens with one attached hydrogen (secondary N) is 1. The minimum absolute atomic E-state index is 0.282. The van der Waals surface area contributed by atoms with E-state index in [2.05, 4.69) is 17.3 Å². The van der Waals surface area contributed by atoms with Gasteiger partial charge < -0.3 is 5.32 Å². The molecule has 2 rings (SSSR count). The Hall–Kier alpha value is -1.66. The van der Waals surface area contributed by atoms with Crippen LogP contribution in [0.3, 0.4) is 0 Å². The fraction of sp³-hybridized carbons (Fsp3) is 0.357. The lowest BCUT2D eigenvalue weighted by molar-refractivity contribution is 0.451. The lowest BCUT2D eigenvalue weighted by Crippen LogP contribution is -2.30. The average Bonchev–Trinajstić information content (AvgIpc) is 2.88. The largest absolute Gasteiger partial charge is 0.308 e. The molecule has 0 aliphatic heterocycles. The fourth-order valence-electron chi connectivity index (χ4n) is 1.90. The summed E-state index contributed by atoms with van der Waals surface area (Å²) in [4.78, 5) is 0.353. The number of nitrogens with zero attached hydrogens (tertiary/aromatic N) is 2. The van der Waals surface area contributed by atoms with Crippen LogP contribution >= 0.6 is 0 Å². The fourth-order valence-corrected chi connectivity index (χ4v) is 2.53. The van der Waals surface area contributed by atoms with Crippen LogP contribution in [-0.2, 0) is 22.9 Å². The molecule has 1 aromatic carbocycles. The number of benzene rings is 1. The van der Waals surface area contributed by atoms with E-state index in [9.17, 15) is 8.42 Å². The first kappa shape index (κ1) is 14.7. The SMILES string of the molecule is CC(Cn1cccn1)NCc1ccc(S(C)(=O)=O)cc1. The molecule has 0 radical (unpaired) electrons. The summed E-state index contributed by atoms with van der Waals surface area (Å²) in [5.74, 6) is 0.